The lowest BCUT2D eigenvalue weighted by Gasteiger charge is -2.21. The summed E-state index contributed by atoms with van der Waals surface area (Å²) >= 11 is 0. The molecule has 0 aliphatic rings. The number of aromatic nitrogens is 5. The largest absolute Gasteiger partial charge is 0.474 e. The van der Waals surface area contributed by atoms with E-state index in [1.54, 1.807) is 39.0 Å². The standard InChI is InChI=1S/C31H36N6O4/c1-8-13-21(4)39-27-20(3)17-24(32-30(38)41-31(5,6)7)26(33-27)29-35-34-28(40-29)25-23(14-9-2)19-37(36-25)18-22-15-11-10-12-16-22/h8-12,15-17,19,21H,1-2,13-14,18H2,3-7H3,(H,32,38)/t21-/m1/s1. The molecule has 0 spiro atoms. The van der Waals surface area contributed by atoms with Gasteiger partial charge in [-0.05, 0) is 52.7 Å². The fraction of sp³-hybridized carbons (Fsp3) is 0.323. The Bertz CT molecular complexity index is 1520. The average molecular weight is 557 g/mol. The first kappa shape index (κ1) is 29.3. The van der Waals surface area contributed by atoms with Crippen LogP contribution in [-0.2, 0) is 17.7 Å². The van der Waals surface area contributed by atoms with Crippen molar-refractivity contribution >= 4 is 11.8 Å². The predicted octanol–water partition coefficient (Wildman–Crippen LogP) is 6.77. The molecule has 10 heteroatoms. The molecule has 0 unspecified atom stereocenters. The molecule has 41 heavy (non-hydrogen) atoms. The lowest BCUT2D eigenvalue weighted by molar-refractivity contribution is 0.0636. The molecule has 3 heterocycles. The molecule has 4 aromatic rings. The molecule has 10 nitrogen and oxygen atoms in total. The molecule has 214 valence electrons. The van der Waals surface area contributed by atoms with E-state index in [9.17, 15) is 4.79 Å². The molecule has 0 bridgehead atoms. The van der Waals surface area contributed by atoms with Crippen molar-refractivity contribution in [2.45, 2.75) is 65.7 Å². The number of rotatable bonds is 11. The normalized spacial score (nSPS) is 12.0. The van der Waals surface area contributed by atoms with E-state index in [0.717, 1.165) is 11.1 Å². The van der Waals surface area contributed by atoms with Crippen molar-refractivity contribution in [1.82, 2.24) is 25.0 Å². The molecule has 3 aromatic heterocycles. The number of benzene rings is 1. The Hall–Kier alpha value is -4.73. The molecular formula is C31H36N6O4. The van der Waals surface area contributed by atoms with Crippen LogP contribution in [0.1, 0.15) is 50.8 Å². The summed E-state index contributed by atoms with van der Waals surface area (Å²) in [5.74, 6) is 0.689. The summed E-state index contributed by atoms with van der Waals surface area (Å²) in [6.45, 7) is 17.4. The Kier molecular flexibility index (Phi) is 9.01. The topological polar surface area (TPSA) is 117 Å². The lowest BCUT2D eigenvalue weighted by atomic mass is 10.2. The van der Waals surface area contributed by atoms with E-state index in [1.807, 2.05) is 55.1 Å². The summed E-state index contributed by atoms with van der Waals surface area (Å²) in [4.78, 5) is 17.4. The number of hydrogen-bond donors (Lipinski definition) is 1. The average Bonchev–Trinajstić information content (AvgIpc) is 3.53. The third kappa shape index (κ3) is 7.69. The Morgan fingerprint density at radius 3 is 2.49 bits per heavy atom. The van der Waals surface area contributed by atoms with Gasteiger partial charge in [-0.2, -0.15) is 5.10 Å². The minimum atomic E-state index is -0.687. The van der Waals surface area contributed by atoms with Gasteiger partial charge in [0.1, 0.15) is 11.7 Å². The lowest BCUT2D eigenvalue weighted by Crippen LogP contribution is -2.27. The molecule has 0 saturated heterocycles. The Morgan fingerprint density at radius 2 is 1.83 bits per heavy atom. The van der Waals surface area contributed by atoms with Gasteiger partial charge in [-0.3, -0.25) is 10.00 Å². The van der Waals surface area contributed by atoms with Gasteiger partial charge in [0.2, 0.25) is 5.88 Å². The van der Waals surface area contributed by atoms with E-state index < -0.39 is 11.7 Å². The molecule has 1 amide bonds. The molecule has 0 aliphatic carbocycles. The SMILES string of the molecule is C=CCc1cn(Cc2ccccc2)nc1-c1nnc(-c2nc(O[C@H](C)CC=C)c(C)cc2NC(=O)OC(C)(C)C)o1. The number of aryl methyl sites for hydroxylation is 1. The van der Waals surface area contributed by atoms with Crippen molar-refractivity contribution in [3.63, 3.8) is 0 Å². The smallest absolute Gasteiger partial charge is 0.412 e. The fourth-order valence-corrected chi connectivity index (χ4v) is 4.07. The van der Waals surface area contributed by atoms with E-state index in [-0.39, 0.29) is 23.6 Å². The molecule has 1 N–H and O–H groups in total. The number of carbonyl (C=O) groups excluding carboxylic acids is 1. The van der Waals surface area contributed by atoms with Crippen LogP contribution in [0.5, 0.6) is 5.88 Å². The first-order valence-electron chi connectivity index (χ1n) is 13.4. The van der Waals surface area contributed by atoms with Gasteiger partial charge in [0.15, 0.2) is 11.4 Å². The highest BCUT2D eigenvalue weighted by Gasteiger charge is 2.24. The van der Waals surface area contributed by atoms with E-state index in [0.29, 0.717) is 42.2 Å². The van der Waals surface area contributed by atoms with Crippen molar-refractivity contribution < 1.29 is 18.7 Å². The Morgan fingerprint density at radius 1 is 1.12 bits per heavy atom. The van der Waals surface area contributed by atoms with Gasteiger partial charge in [0.05, 0.1) is 12.2 Å². The molecule has 1 aromatic carbocycles. The van der Waals surface area contributed by atoms with Crippen molar-refractivity contribution in [2.75, 3.05) is 5.32 Å². The van der Waals surface area contributed by atoms with Gasteiger partial charge in [-0.15, -0.1) is 23.4 Å². The number of ether oxygens (including phenoxy) is 2. The molecule has 0 radical (unpaired) electrons. The van der Waals surface area contributed by atoms with Gasteiger partial charge in [0.25, 0.3) is 11.8 Å². The quantitative estimate of drug-likeness (QED) is 0.201. The summed E-state index contributed by atoms with van der Waals surface area (Å²) < 4.78 is 19.5. The monoisotopic (exact) mass is 556 g/mol. The van der Waals surface area contributed by atoms with Gasteiger partial charge < -0.3 is 13.9 Å². The van der Waals surface area contributed by atoms with Crippen molar-refractivity contribution in [3.05, 3.63) is 84.6 Å². The number of pyridine rings is 1. The molecule has 0 fully saturated rings. The highest BCUT2D eigenvalue weighted by Crippen LogP contribution is 2.33. The van der Waals surface area contributed by atoms with Crippen LogP contribution in [0.4, 0.5) is 10.5 Å². The highest BCUT2D eigenvalue weighted by atomic mass is 16.6. The third-order valence-electron chi connectivity index (χ3n) is 5.83. The maximum Gasteiger partial charge on any atom is 0.412 e. The molecule has 1 atom stereocenters. The van der Waals surface area contributed by atoms with E-state index >= 15 is 0 Å². The fourth-order valence-electron chi connectivity index (χ4n) is 4.07. The van der Waals surface area contributed by atoms with E-state index in [1.165, 1.54) is 0 Å². The van der Waals surface area contributed by atoms with Gasteiger partial charge in [0, 0.05) is 23.7 Å². The second-order valence-electron chi connectivity index (χ2n) is 10.7. The number of nitrogens with one attached hydrogen (secondary N) is 1. The van der Waals surface area contributed by atoms with E-state index in [4.69, 9.17) is 19.0 Å². The van der Waals surface area contributed by atoms with Crippen LogP contribution in [0.25, 0.3) is 23.2 Å². The van der Waals surface area contributed by atoms with Gasteiger partial charge in [-0.25, -0.2) is 9.78 Å². The zero-order valence-electron chi connectivity index (χ0n) is 24.2. The van der Waals surface area contributed by atoms with Crippen LogP contribution >= 0.6 is 0 Å². The molecule has 0 saturated carbocycles. The van der Waals surface area contributed by atoms with Crippen LogP contribution in [-0.4, -0.2) is 42.8 Å². The number of anilines is 1. The number of hydrogen-bond acceptors (Lipinski definition) is 8. The number of carbonyl (C=O) groups is 1. The van der Waals surface area contributed by atoms with Gasteiger partial charge in [-0.1, -0.05) is 42.5 Å². The third-order valence-corrected chi connectivity index (χ3v) is 5.83. The van der Waals surface area contributed by atoms with Crippen LogP contribution in [0.2, 0.25) is 0 Å². The molecule has 0 aliphatic heterocycles. The van der Waals surface area contributed by atoms with Crippen LogP contribution in [0, 0.1) is 6.92 Å². The molecule has 4 rings (SSSR count). The van der Waals surface area contributed by atoms with Crippen LogP contribution < -0.4 is 10.1 Å². The zero-order valence-corrected chi connectivity index (χ0v) is 24.2. The minimum Gasteiger partial charge on any atom is -0.474 e. The summed E-state index contributed by atoms with van der Waals surface area (Å²) in [5, 5.41) is 16.1. The summed E-state index contributed by atoms with van der Waals surface area (Å²) in [6, 6.07) is 11.8. The summed E-state index contributed by atoms with van der Waals surface area (Å²) in [5.41, 5.74) is 3.16. The minimum absolute atomic E-state index is 0.0921. The number of amides is 1. The number of allylic oxidation sites excluding steroid dienone is 1. The summed E-state index contributed by atoms with van der Waals surface area (Å²) in [7, 11) is 0. The first-order chi connectivity index (χ1) is 19.6. The predicted molar refractivity (Wildman–Crippen MR) is 158 cm³/mol. The van der Waals surface area contributed by atoms with Crippen molar-refractivity contribution in [3.8, 4) is 29.0 Å². The maximum absolute atomic E-state index is 12.7. The second kappa shape index (κ2) is 12.6. The summed E-state index contributed by atoms with van der Waals surface area (Å²) in [6.07, 6.45) is 5.92. The zero-order chi connectivity index (χ0) is 29.6. The van der Waals surface area contributed by atoms with Crippen LogP contribution in [0.15, 0.2) is 72.3 Å². The second-order valence-corrected chi connectivity index (χ2v) is 10.7. The van der Waals surface area contributed by atoms with Gasteiger partial charge >= 0.3 is 6.09 Å². The first-order valence-corrected chi connectivity index (χ1v) is 13.4. The highest BCUT2D eigenvalue weighted by molar-refractivity contribution is 5.89. The van der Waals surface area contributed by atoms with Crippen molar-refractivity contribution in [1.29, 1.82) is 0 Å². The molecular weight excluding hydrogens is 520 g/mol. The number of nitrogens with zero attached hydrogens (tertiary/aromatic N) is 5. The Labute approximate surface area is 240 Å². The van der Waals surface area contributed by atoms with Crippen molar-refractivity contribution in [2.24, 2.45) is 0 Å². The van der Waals surface area contributed by atoms with Crippen LogP contribution in [0.3, 0.4) is 0 Å². The maximum atomic E-state index is 12.7. The van der Waals surface area contributed by atoms with E-state index in [2.05, 4.69) is 33.7 Å². The Balaban J connectivity index is 1.72.